The van der Waals surface area contributed by atoms with Crippen LogP contribution in [0.4, 0.5) is 0 Å². The van der Waals surface area contributed by atoms with Crippen molar-refractivity contribution in [3.8, 4) is 0 Å². The maximum absolute atomic E-state index is 12.1. The summed E-state index contributed by atoms with van der Waals surface area (Å²) in [6, 6.07) is 7.33. The molecule has 0 saturated carbocycles. The topological polar surface area (TPSA) is 74.7 Å². The van der Waals surface area contributed by atoms with E-state index in [1.165, 1.54) is 4.90 Å². The molecule has 5 heteroatoms. The van der Waals surface area contributed by atoms with E-state index >= 15 is 0 Å². The van der Waals surface area contributed by atoms with Crippen LogP contribution in [-0.2, 0) is 9.59 Å². The zero-order valence-electron chi connectivity index (χ0n) is 10.4. The number of Topliss-reactive ketones (excluding diaryl/α,β-unsaturated/α-hetero) is 1. The Balaban J connectivity index is 2.18. The molecule has 0 bridgehead atoms. The van der Waals surface area contributed by atoms with Crippen LogP contribution in [0.2, 0.25) is 0 Å². The lowest BCUT2D eigenvalue weighted by Gasteiger charge is -2.32. The summed E-state index contributed by atoms with van der Waals surface area (Å²) < 4.78 is 0. The van der Waals surface area contributed by atoms with Crippen LogP contribution in [-0.4, -0.2) is 40.3 Å². The number of carboxylic acid groups (broad SMARTS) is 1. The third kappa shape index (κ3) is 2.81. The molecule has 0 spiro atoms. The first-order valence-corrected chi connectivity index (χ1v) is 6.24. The molecule has 0 aromatic heterocycles. The number of hydrogen-bond acceptors (Lipinski definition) is 3. The maximum atomic E-state index is 12.1. The highest BCUT2D eigenvalue weighted by molar-refractivity contribution is 6.43. The van der Waals surface area contributed by atoms with E-state index in [4.69, 9.17) is 5.11 Å². The van der Waals surface area contributed by atoms with Crippen LogP contribution in [0.3, 0.4) is 0 Å². The van der Waals surface area contributed by atoms with E-state index in [1.54, 1.807) is 30.3 Å². The Morgan fingerprint density at radius 2 is 1.79 bits per heavy atom. The van der Waals surface area contributed by atoms with E-state index in [0.717, 1.165) is 12.8 Å². The highest BCUT2D eigenvalue weighted by Gasteiger charge is 2.35. The smallest absolute Gasteiger partial charge is 0.326 e. The Bertz CT molecular complexity index is 497. The number of nitrogens with zero attached hydrogens (tertiary/aromatic N) is 1. The number of likely N-dealkylation sites (tertiary alicyclic amines) is 1. The number of piperidine rings is 1. The van der Waals surface area contributed by atoms with Crippen LogP contribution in [0.1, 0.15) is 29.6 Å². The Kier molecular flexibility index (Phi) is 3.94. The molecule has 1 atom stereocenters. The normalized spacial score (nSPS) is 18.9. The van der Waals surface area contributed by atoms with Gasteiger partial charge in [0.15, 0.2) is 0 Å². The van der Waals surface area contributed by atoms with Crippen molar-refractivity contribution in [1.29, 1.82) is 0 Å². The quantitative estimate of drug-likeness (QED) is 0.658. The molecule has 1 aromatic carbocycles. The summed E-state index contributed by atoms with van der Waals surface area (Å²) in [5, 5.41) is 9.10. The predicted octanol–water partition coefficient (Wildman–Crippen LogP) is 1.33. The first-order chi connectivity index (χ1) is 9.11. The molecule has 0 radical (unpaired) electrons. The second kappa shape index (κ2) is 5.65. The SMILES string of the molecule is O=C(C(=O)N1CCCC[C@H]1C(=O)O)c1ccccc1. The minimum absolute atomic E-state index is 0.294. The van der Waals surface area contributed by atoms with Gasteiger partial charge in [-0.2, -0.15) is 0 Å². The Morgan fingerprint density at radius 1 is 1.11 bits per heavy atom. The monoisotopic (exact) mass is 261 g/mol. The molecule has 1 aliphatic heterocycles. The van der Waals surface area contributed by atoms with Crippen molar-refractivity contribution in [2.45, 2.75) is 25.3 Å². The van der Waals surface area contributed by atoms with Crippen molar-refractivity contribution in [3.05, 3.63) is 35.9 Å². The summed E-state index contributed by atoms with van der Waals surface area (Å²) in [6.07, 6.45) is 1.90. The van der Waals surface area contributed by atoms with E-state index in [2.05, 4.69) is 0 Å². The lowest BCUT2D eigenvalue weighted by molar-refractivity contribution is -0.150. The van der Waals surface area contributed by atoms with Gasteiger partial charge < -0.3 is 10.0 Å². The van der Waals surface area contributed by atoms with Gasteiger partial charge in [-0.3, -0.25) is 9.59 Å². The maximum Gasteiger partial charge on any atom is 0.326 e. The summed E-state index contributed by atoms with van der Waals surface area (Å²) in [7, 11) is 0. The van der Waals surface area contributed by atoms with E-state index in [0.29, 0.717) is 18.5 Å². The number of carbonyl (C=O) groups excluding carboxylic acids is 2. The third-order valence-electron chi connectivity index (χ3n) is 3.28. The van der Waals surface area contributed by atoms with Gasteiger partial charge in [-0.15, -0.1) is 0 Å². The zero-order chi connectivity index (χ0) is 13.8. The molecule has 1 saturated heterocycles. The van der Waals surface area contributed by atoms with Crippen molar-refractivity contribution >= 4 is 17.7 Å². The molecule has 1 aromatic rings. The van der Waals surface area contributed by atoms with Gasteiger partial charge in [0.05, 0.1) is 0 Å². The molecule has 1 amide bonds. The Labute approximate surface area is 110 Å². The van der Waals surface area contributed by atoms with E-state index in [9.17, 15) is 14.4 Å². The summed E-state index contributed by atoms with van der Waals surface area (Å²) in [4.78, 5) is 36.5. The van der Waals surface area contributed by atoms with Gasteiger partial charge in [-0.1, -0.05) is 30.3 Å². The third-order valence-corrected chi connectivity index (χ3v) is 3.28. The van der Waals surface area contributed by atoms with E-state index in [-0.39, 0.29) is 0 Å². The Morgan fingerprint density at radius 3 is 2.42 bits per heavy atom. The van der Waals surface area contributed by atoms with Gasteiger partial charge in [0.25, 0.3) is 5.91 Å². The lowest BCUT2D eigenvalue weighted by atomic mass is 10.0. The van der Waals surface area contributed by atoms with Crippen molar-refractivity contribution in [3.63, 3.8) is 0 Å². The summed E-state index contributed by atoms with van der Waals surface area (Å²) in [5.74, 6) is -2.42. The van der Waals surface area contributed by atoms with Gasteiger partial charge in [-0.05, 0) is 19.3 Å². The number of amides is 1. The minimum atomic E-state index is -1.05. The van der Waals surface area contributed by atoms with E-state index in [1.807, 2.05) is 0 Å². The molecule has 1 N–H and O–H groups in total. The fourth-order valence-corrected chi connectivity index (χ4v) is 2.27. The van der Waals surface area contributed by atoms with Gasteiger partial charge in [-0.25, -0.2) is 4.79 Å². The molecule has 19 heavy (non-hydrogen) atoms. The number of carboxylic acids is 1. The fraction of sp³-hybridized carbons (Fsp3) is 0.357. The number of ketones is 1. The lowest BCUT2D eigenvalue weighted by Crippen LogP contribution is -2.50. The van der Waals surface area contributed by atoms with Gasteiger partial charge in [0.1, 0.15) is 6.04 Å². The molecule has 0 unspecified atom stereocenters. The molecule has 1 aliphatic rings. The first kappa shape index (κ1) is 13.3. The average molecular weight is 261 g/mol. The molecular weight excluding hydrogens is 246 g/mol. The molecule has 100 valence electrons. The van der Waals surface area contributed by atoms with Gasteiger partial charge >= 0.3 is 5.97 Å². The summed E-state index contributed by atoms with van der Waals surface area (Å²) >= 11 is 0. The average Bonchev–Trinajstić information content (AvgIpc) is 2.46. The zero-order valence-corrected chi connectivity index (χ0v) is 10.4. The van der Waals surface area contributed by atoms with E-state index < -0.39 is 23.7 Å². The number of rotatable bonds is 3. The van der Waals surface area contributed by atoms with Crippen molar-refractivity contribution < 1.29 is 19.5 Å². The molecule has 0 aliphatic carbocycles. The number of benzene rings is 1. The standard InChI is InChI=1S/C14H15NO4/c16-12(10-6-2-1-3-7-10)13(17)15-9-5-4-8-11(15)14(18)19/h1-3,6-7,11H,4-5,8-9H2,(H,18,19)/t11-/m0/s1. The second-order valence-electron chi connectivity index (χ2n) is 4.54. The van der Waals surface area contributed by atoms with Crippen molar-refractivity contribution in [1.82, 2.24) is 4.90 Å². The molecular formula is C14H15NO4. The summed E-state index contributed by atoms with van der Waals surface area (Å²) in [5.41, 5.74) is 0.294. The summed E-state index contributed by atoms with van der Waals surface area (Å²) in [6.45, 7) is 0.328. The largest absolute Gasteiger partial charge is 0.480 e. The van der Waals surface area contributed by atoms with Crippen LogP contribution < -0.4 is 0 Å². The number of hydrogen-bond donors (Lipinski definition) is 1. The van der Waals surface area contributed by atoms with Crippen LogP contribution >= 0.6 is 0 Å². The highest BCUT2D eigenvalue weighted by atomic mass is 16.4. The predicted molar refractivity (Wildman–Crippen MR) is 67.8 cm³/mol. The second-order valence-corrected chi connectivity index (χ2v) is 4.54. The molecule has 1 heterocycles. The van der Waals surface area contributed by atoms with Crippen LogP contribution in [0.5, 0.6) is 0 Å². The fourth-order valence-electron chi connectivity index (χ4n) is 2.27. The van der Waals surface area contributed by atoms with Gasteiger partial charge in [0.2, 0.25) is 5.78 Å². The highest BCUT2D eigenvalue weighted by Crippen LogP contribution is 2.18. The van der Waals surface area contributed by atoms with Crippen molar-refractivity contribution in [2.75, 3.05) is 6.54 Å². The first-order valence-electron chi connectivity index (χ1n) is 6.24. The minimum Gasteiger partial charge on any atom is -0.480 e. The number of aliphatic carboxylic acids is 1. The molecule has 1 fully saturated rings. The van der Waals surface area contributed by atoms with Crippen molar-refractivity contribution in [2.24, 2.45) is 0 Å². The number of carbonyl (C=O) groups is 3. The van der Waals surface area contributed by atoms with Crippen LogP contribution in [0.25, 0.3) is 0 Å². The molecule has 2 rings (SSSR count). The molecule has 5 nitrogen and oxygen atoms in total. The Hall–Kier alpha value is -2.17. The van der Waals surface area contributed by atoms with Crippen LogP contribution in [0, 0.1) is 0 Å². The van der Waals surface area contributed by atoms with Gasteiger partial charge in [0, 0.05) is 12.1 Å². The van der Waals surface area contributed by atoms with Crippen LogP contribution in [0.15, 0.2) is 30.3 Å².